The highest BCUT2D eigenvalue weighted by Gasteiger charge is 2.20. The third kappa shape index (κ3) is 5.31. The van der Waals surface area contributed by atoms with Crippen LogP contribution in [-0.4, -0.2) is 51.1 Å². The molecule has 0 atom stereocenters. The van der Waals surface area contributed by atoms with Crippen LogP contribution in [0.15, 0.2) is 42.5 Å². The molecule has 4 aromatic rings. The Labute approximate surface area is 229 Å². The van der Waals surface area contributed by atoms with Gasteiger partial charge in [-0.2, -0.15) is 0 Å². The Kier molecular flexibility index (Phi) is 7.37. The van der Waals surface area contributed by atoms with E-state index < -0.39 is 0 Å². The van der Waals surface area contributed by atoms with Gasteiger partial charge >= 0.3 is 0 Å². The molecule has 2 N–H and O–H groups in total. The standard InChI is InChI=1S/C31H36ClN5O/c1-21-29-26(18-28(32)33-21)25-10-4-5-11-27(25)35-31(29)34-24-16-22(19-36-12-6-2-7-13-36)30(38)23(17-24)20-37-14-8-3-9-15-37/h4-5,10-11,16-18,38H,2-3,6-9,12-15,19-20H2,1H3,(H,34,35). The number of rotatable bonds is 6. The second-order valence-electron chi connectivity index (χ2n) is 10.9. The summed E-state index contributed by atoms with van der Waals surface area (Å²) in [4.78, 5) is 14.5. The summed E-state index contributed by atoms with van der Waals surface area (Å²) in [6, 6.07) is 14.3. The molecule has 0 unspecified atom stereocenters. The molecule has 38 heavy (non-hydrogen) atoms. The van der Waals surface area contributed by atoms with Crippen LogP contribution in [0.4, 0.5) is 11.5 Å². The quantitative estimate of drug-likeness (QED) is 0.157. The van der Waals surface area contributed by atoms with E-state index in [-0.39, 0.29) is 0 Å². The molecule has 2 aromatic carbocycles. The third-order valence-electron chi connectivity index (χ3n) is 8.05. The molecular formula is C31H36ClN5O. The number of halogens is 1. The first-order valence-corrected chi connectivity index (χ1v) is 14.3. The molecule has 2 aromatic heterocycles. The lowest BCUT2D eigenvalue weighted by Gasteiger charge is -2.29. The van der Waals surface area contributed by atoms with Gasteiger partial charge in [0.1, 0.15) is 16.7 Å². The van der Waals surface area contributed by atoms with E-state index in [1.54, 1.807) is 0 Å². The molecule has 6 rings (SSSR count). The monoisotopic (exact) mass is 529 g/mol. The molecule has 2 aliphatic rings. The number of pyridine rings is 2. The lowest BCUT2D eigenvalue weighted by molar-refractivity contribution is 0.213. The van der Waals surface area contributed by atoms with Crippen LogP contribution in [0.25, 0.3) is 21.7 Å². The van der Waals surface area contributed by atoms with E-state index in [1.165, 1.54) is 38.5 Å². The third-order valence-corrected chi connectivity index (χ3v) is 8.24. The van der Waals surface area contributed by atoms with Crippen molar-refractivity contribution in [3.05, 3.63) is 64.4 Å². The van der Waals surface area contributed by atoms with Gasteiger partial charge in [0.05, 0.1) is 11.2 Å². The van der Waals surface area contributed by atoms with Crippen LogP contribution >= 0.6 is 11.6 Å². The molecule has 0 radical (unpaired) electrons. The van der Waals surface area contributed by atoms with Gasteiger partial charge in [0.25, 0.3) is 0 Å². The van der Waals surface area contributed by atoms with E-state index in [9.17, 15) is 5.11 Å². The number of fused-ring (bicyclic) bond motifs is 3. The van der Waals surface area contributed by atoms with Crippen molar-refractivity contribution in [3.8, 4) is 5.75 Å². The number of nitrogens with one attached hydrogen (secondary N) is 1. The summed E-state index contributed by atoms with van der Waals surface area (Å²) in [5.74, 6) is 1.20. The number of para-hydroxylation sites is 1. The highest BCUT2D eigenvalue weighted by molar-refractivity contribution is 6.30. The molecule has 0 saturated carbocycles. The van der Waals surface area contributed by atoms with E-state index in [0.29, 0.717) is 10.9 Å². The molecule has 7 heteroatoms. The molecule has 0 amide bonds. The molecular weight excluding hydrogens is 494 g/mol. The van der Waals surface area contributed by atoms with E-state index in [4.69, 9.17) is 16.6 Å². The van der Waals surface area contributed by atoms with Crippen LogP contribution in [0, 0.1) is 6.92 Å². The number of benzene rings is 2. The summed E-state index contributed by atoms with van der Waals surface area (Å²) < 4.78 is 0. The lowest BCUT2D eigenvalue weighted by Crippen LogP contribution is -2.30. The molecule has 0 spiro atoms. The highest BCUT2D eigenvalue weighted by atomic mass is 35.5. The number of phenolic OH excluding ortho intramolecular Hbond substituents is 1. The minimum Gasteiger partial charge on any atom is -0.507 e. The molecule has 198 valence electrons. The molecule has 2 fully saturated rings. The van der Waals surface area contributed by atoms with Gasteiger partial charge in [-0.25, -0.2) is 9.97 Å². The molecule has 4 heterocycles. The maximum Gasteiger partial charge on any atom is 0.140 e. The van der Waals surface area contributed by atoms with Crippen molar-refractivity contribution in [3.63, 3.8) is 0 Å². The zero-order valence-electron chi connectivity index (χ0n) is 22.1. The number of hydrogen-bond donors (Lipinski definition) is 2. The Morgan fingerprint density at radius 2 is 1.42 bits per heavy atom. The predicted molar refractivity (Wildman–Crippen MR) is 156 cm³/mol. The van der Waals surface area contributed by atoms with E-state index in [0.717, 1.165) is 89.3 Å². The van der Waals surface area contributed by atoms with Gasteiger partial charge in [0.15, 0.2) is 0 Å². The summed E-state index contributed by atoms with van der Waals surface area (Å²) in [5.41, 5.74) is 4.65. The zero-order chi connectivity index (χ0) is 26.1. The van der Waals surface area contributed by atoms with Crippen LogP contribution in [-0.2, 0) is 13.1 Å². The smallest absolute Gasteiger partial charge is 0.140 e. The maximum atomic E-state index is 11.4. The second kappa shape index (κ2) is 11.0. The summed E-state index contributed by atoms with van der Waals surface area (Å²) in [5, 5.41) is 18.6. The largest absolute Gasteiger partial charge is 0.507 e. The first kappa shape index (κ1) is 25.4. The van der Waals surface area contributed by atoms with Gasteiger partial charge in [-0.05, 0) is 88.4 Å². The van der Waals surface area contributed by atoms with Crippen molar-refractivity contribution in [2.24, 2.45) is 0 Å². The molecule has 2 aliphatic heterocycles. The number of phenols is 1. The Morgan fingerprint density at radius 1 is 0.816 bits per heavy atom. The fourth-order valence-corrected chi connectivity index (χ4v) is 6.37. The number of aromatic nitrogens is 2. The van der Waals surface area contributed by atoms with Crippen molar-refractivity contribution < 1.29 is 5.11 Å². The predicted octanol–water partition coefficient (Wildman–Crippen LogP) is 7.17. The minimum atomic E-state index is 0.438. The number of hydrogen-bond acceptors (Lipinski definition) is 6. The Bertz CT molecular complexity index is 1420. The van der Waals surface area contributed by atoms with Crippen LogP contribution in [0.2, 0.25) is 5.15 Å². The zero-order valence-corrected chi connectivity index (χ0v) is 22.9. The summed E-state index contributed by atoms with van der Waals surface area (Å²) >= 11 is 6.39. The Balaban J connectivity index is 1.43. The SMILES string of the molecule is Cc1nc(Cl)cc2c1c(Nc1cc(CN3CCCCC3)c(O)c(CN3CCCCC3)c1)nc1ccccc12. The van der Waals surface area contributed by atoms with Crippen molar-refractivity contribution in [2.75, 3.05) is 31.5 Å². The average Bonchev–Trinajstić information content (AvgIpc) is 2.92. The van der Waals surface area contributed by atoms with Gasteiger partial charge in [0.2, 0.25) is 0 Å². The normalized spacial score (nSPS) is 17.3. The number of nitrogens with zero attached hydrogens (tertiary/aromatic N) is 4. The van der Waals surface area contributed by atoms with Gasteiger partial charge in [-0.3, -0.25) is 9.80 Å². The first-order valence-electron chi connectivity index (χ1n) is 14.0. The van der Waals surface area contributed by atoms with Crippen LogP contribution < -0.4 is 5.32 Å². The number of likely N-dealkylation sites (tertiary alicyclic amines) is 2. The fourth-order valence-electron chi connectivity index (χ4n) is 6.14. The number of aromatic hydroxyl groups is 1. The van der Waals surface area contributed by atoms with Crippen LogP contribution in [0.5, 0.6) is 5.75 Å². The summed E-state index contributed by atoms with van der Waals surface area (Å²) in [6.45, 7) is 7.84. The van der Waals surface area contributed by atoms with E-state index >= 15 is 0 Å². The fraction of sp³-hybridized carbons (Fsp3) is 0.419. The number of aryl methyl sites for hydroxylation is 1. The second-order valence-corrected chi connectivity index (χ2v) is 11.3. The highest BCUT2D eigenvalue weighted by Crippen LogP contribution is 2.36. The van der Waals surface area contributed by atoms with Crippen molar-refractivity contribution in [2.45, 2.75) is 58.5 Å². The number of piperidine rings is 2. The molecule has 6 nitrogen and oxygen atoms in total. The van der Waals surface area contributed by atoms with Gasteiger partial charge in [-0.15, -0.1) is 0 Å². The molecule has 0 aliphatic carbocycles. The molecule has 2 saturated heterocycles. The summed E-state index contributed by atoms with van der Waals surface area (Å²) in [6.07, 6.45) is 7.48. The first-order chi connectivity index (χ1) is 18.5. The van der Waals surface area contributed by atoms with E-state index in [2.05, 4.69) is 38.3 Å². The van der Waals surface area contributed by atoms with Crippen LogP contribution in [0.1, 0.15) is 55.3 Å². The van der Waals surface area contributed by atoms with Gasteiger partial charge in [0, 0.05) is 40.7 Å². The van der Waals surface area contributed by atoms with Gasteiger partial charge < -0.3 is 10.4 Å². The van der Waals surface area contributed by atoms with Crippen molar-refractivity contribution in [1.82, 2.24) is 19.8 Å². The van der Waals surface area contributed by atoms with E-state index in [1.807, 2.05) is 31.2 Å². The Morgan fingerprint density at radius 3 is 2.05 bits per heavy atom. The Hall–Kier alpha value is -2.93. The van der Waals surface area contributed by atoms with Crippen molar-refractivity contribution in [1.29, 1.82) is 0 Å². The average molecular weight is 530 g/mol. The number of anilines is 2. The van der Waals surface area contributed by atoms with Crippen molar-refractivity contribution >= 4 is 44.8 Å². The summed E-state index contributed by atoms with van der Waals surface area (Å²) in [7, 11) is 0. The van der Waals surface area contributed by atoms with Crippen LogP contribution in [0.3, 0.4) is 0 Å². The topological polar surface area (TPSA) is 64.5 Å². The minimum absolute atomic E-state index is 0.438. The lowest BCUT2D eigenvalue weighted by atomic mass is 10.0. The molecule has 0 bridgehead atoms. The maximum absolute atomic E-state index is 11.4. The van der Waals surface area contributed by atoms with Gasteiger partial charge in [-0.1, -0.05) is 42.6 Å².